The lowest BCUT2D eigenvalue weighted by Gasteiger charge is -2.08. The smallest absolute Gasteiger partial charge is 0.109 e. The summed E-state index contributed by atoms with van der Waals surface area (Å²) < 4.78 is 0. The second kappa shape index (κ2) is 8.23. The number of nitrogens with one attached hydrogen (secondary N) is 1. The largest absolute Gasteiger partial charge is 0.342 e. The van der Waals surface area contributed by atoms with Gasteiger partial charge in [0.05, 0.1) is 11.0 Å². The fourth-order valence-electron chi connectivity index (χ4n) is 4.19. The molecule has 0 bridgehead atoms. The summed E-state index contributed by atoms with van der Waals surface area (Å²) in [6, 6.07) is 24.1. The van der Waals surface area contributed by atoms with Gasteiger partial charge in [-0.25, -0.2) is 4.98 Å². The summed E-state index contributed by atoms with van der Waals surface area (Å²) in [5, 5.41) is 0. The average molecular weight is 420 g/mol. The second-order valence-corrected chi connectivity index (χ2v) is 9.27. The second-order valence-electron chi connectivity index (χ2n) is 9.27. The molecule has 1 aliphatic rings. The summed E-state index contributed by atoms with van der Waals surface area (Å²) in [6.45, 7) is 8.73. The van der Waals surface area contributed by atoms with E-state index in [1.54, 1.807) is 0 Å². The summed E-state index contributed by atoms with van der Waals surface area (Å²) in [5.41, 5.74) is 10.8. The van der Waals surface area contributed by atoms with Gasteiger partial charge >= 0.3 is 0 Å². The molecular weight excluding hydrogens is 390 g/mol. The zero-order valence-corrected chi connectivity index (χ0v) is 19.2. The lowest BCUT2D eigenvalue weighted by atomic mass is 9.95. The highest BCUT2D eigenvalue weighted by molar-refractivity contribution is 5.99. The Hall–Kier alpha value is -3.46. The Morgan fingerprint density at radius 1 is 0.688 bits per heavy atom. The van der Waals surface area contributed by atoms with Gasteiger partial charge in [0, 0.05) is 24.3 Å². The topological polar surface area (TPSA) is 41.0 Å². The molecule has 0 atom stereocenters. The number of imidazole rings is 1. The third kappa shape index (κ3) is 3.91. The van der Waals surface area contributed by atoms with Gasteiger partial charge < -0.3 is 4.98 Å². The van der Waals surface area contributed by atoms with Crippen LogP contribution in [0.25, 0.3) is 38.9 Å². The van der Waals surface area contributed by atoms with E-state index in [-0.39, 0.29) is 0 Å². The number of aromatic amines is 1. The van der Waals surface area contributed by atoms with Crippen molar-refractivity contribution in [1.82, 2.24) is 9.97 Å². The van der Waals surface area contributed by atoms with Gasteiger partial charge in [0.2, 0.25) is 0 Å². The molecule has 4 aromatic rings. The highest BCUT2D eigenvalue weighted by atomic mass is 14.9. The van der Waals surface area contributed by atoms with Crippen LogP contribution in [0.1, 0.15) is 51.4 Å². The van der Waals surface area contributed by atoms with Gasteiger partial charge in [0.15, 0.2) is 0 Å². The van der Waals surface area contributed by atoms with Crippen LogP contribution in [-0.4, -0.2) is 15.7 Å². The third-order valence-electron chi connectivity index (χ3n) is 6.28. The predicted molar refractivity (Wildman–Crippen MR) is 136 cm³/mol. The highest BCUT2D eigenvalue weighted by Gasteiger charge is 2.15. The standard InChI is InChI=1S/C29H29N3/c1-18(2)27-16-25(17-30-27)23-11-7-21(8-12-23)20-5-9-22(10-6-20)24-13-14-26-28(15-24)32-29(31-26)19(3)4/h5-15,17-19H,16H2,1-4H3,(H,31,32). The van der Waals surface area contributed by atoms with Gasteiger partial charge in [-0.1, -0.05) is 82.3 Å². The van der Waals surface area contributed by atoms with Gasteiger partial charge in [0.25, 0.3) is 0 Å². The summed E-state index contributed by atoms with van der Waals surface area (Å²) in [5.74, 6) is 1.94. The highest BCUT2D eigenvalue weighted by Crippen LogP contribution is 2.30. The van der Waals surface area contributed by atoms with Crippen LogP contribution in [0.4, 0.5) is 0 Å². The van der Waals surface area contributed by atoms with Crippen LogP contribution in [0.15, 0.2) is 77.9 Å². The average Bonchev–Trinajstić information content (AvgIpc) is 3.47. The molecule has 0 unspecified atom stereocenters. The van der Waals surface area contributed by atoms with E-state index >= 15 is 0 Å². The number of allylic oxidation sites excluding steroid dienone is 1. The molecular formula is C29H29N3. The Morgan fingerprint density at radius 3 is 1.81 bits per heavy atom. The number of nitrogens with zero attached hydrogens (tertiary/aromatic N) is 2. The first-order valence-electron chi connectivity index (χ1n) is 11.4. The number of aliphatic imine (C=N–C) groups is 1. The van der Waals surface area contributed by atoms with Crippen molar-refractivity contribution in [1.29, 1.82) is 0 Å². The van der Waals surface area contributed by atoms with Crippen molar-refractivity contribution in [2.45, 2.75) is 40.0 Å². The maximum Gasteiger partial charge on any atom is 0.109 e. The van der Waals surface area contributed by atoms with E-state index in [0.717, 1.165) is 23.3 Å². The third-order valence-corrected chi connectivity index (χ3v) is 6.28. The predicted octanol–water partition coefficient (Wildman–Crippen LogP) is 7.86. The zero-order chi connectivity index (χ0) is 22.2. The number of H-pyrrole nitrogens is 1. The fraction of sp³-hybridized carbons (Fsp3) is 0.241. The SMILES string of the molecule is CC(C)C1=NC=C(c2ccc(-c3ccc(-c4ccc5nc(C(C)C)[nH]c5c4)cc3)cc2)C1. The Bertz CT molecular complexity index is 1320. The summed E-state index contributed by atoms with van der Waals surface area (Å²) in [4.78, 5) is 12.7. The van der Waals surface area contributed by atoms with E-state index in [1.165, 1.54) is 39.1 Å². The maximum absolute atomic E-state index is 4.68. The molecule has 0 spiro atoms. The number of hydrogen-bond donors (Lipinski definition) is 1. The van der Waals surface area contributed by atoms with Crippen LogP contribution in [0.5, 0.6) is 0 Å². The first-order chi connectivity index (χ1) is 15.5. The zero-order valence-electron chi connectivity index (χ0n) is 19.2. The molecule has 3 heteroatoms. The molecule has 2 heterocycles. The number of rotatable bonds is 5. The Morgan fingerprint density at radius 2 is 1.25 bits per heavy atom. The maximum atomic E-state index is 4.68. The molecule has 0 saturated carbocycles. The van der Waals surface area contributed by atoms with Gasteiger partial charge in [-0.3, -0.25) is 4.99 Å². The van der Waals surface area contributed by atoms with E-state index < -0.39 is 0 Å². The van der Waals surface area contributed by atoms with Crippen LogP contribution in [-0.2, 0) is 0 Å². The quantitative estimate of drug-likeness (QED) is 0.351. The monoisotopic (exact) mass is 419 g/mol. The van der Waals surface area contributed by atoms with Crippen LogP contribution < -0.4 is 0 Å². The van der Waals surface area contributed by atoms with Crippen molar-refractivity contribution < 1.29 is 0 Å². The number of benzene rings is 3. The first kappa shape index (κ1) is 20.4. The minimum Gasteiger partial charge on any atom is -0.342 e. The molecule has 3 nitrogen and oxygen atoms in total. The van der Waals surface area contributed by atoms with Gasteiger partial charge in [-0.15, -0.1) is 0 Å². The van der Waals surface area contributed by atoms with Crippen LogP contribution in [0.3, 0.4) is 0 Å². The fourth-order valence-corrected chi connectivity index (χ4v) is 4.19. The molecule has 0 radical (unpaired) electrons. The molecule has 5 rings (SSSR count). The van der Waals surface area contributed by atoms with Crippen LogP contribution in [0, 0.1) is 5.92 Å². The molecule has 1 aliphatic heterocycles. The molecule has 0 aliphatic carbocycles. The van der Waals surface area contributed by atoms with E-state index in [2.05, 4.69) is 109 Å². The number of aromatic nitrogens is 2. The number of fused-ring (bicyclic) bond motifs is 1. The molecule has 0 fully saturated rings. The van der Waals surface area contributed by atoms with Gasteiger partial charge in [-0.2, -0.15) is 0 Å². The molecule has 1 N–H and O–H groups in total. The van der Waals surface area contributed by atoms with Crippen molar-refractivity contribution in [3.05, 3.63) is 84.3 Å². The summed E-state index contributed by atoms with van der Waals surface area (Å²) in [6.07, 6.45) is 2.99. The molecule has 160 valence electrons. The van der Waals surface area contributed by atoms with E-state index in [1.807, 2.05) is 6.20 Å². The first-order valence-corrected chi connectivity index (χ1v) is 11.4. The Kier molecular flexibility index (Phi) is 5.26. The van der Waals surface area contributed by atoms with Gasteiger partial charge in [-0.05, 0) is 51.4 Å². The van der Waals surface area contributed by atoms with Crippen molar-refractivity contribution in [2.24, 2.45) is 10.9 Å². The normalized spacial score (nSPS) is 13.8. The van der Waals surface area contributed by atoms with E-state index in [0.29, 0.717) is 11.8 Å². The van der Waals surface area contributed by atoms with Crippen LogP contribution >= 0.6 is 0 Å². The lowest BCUT2D eigenvalue weighted by Crippen LogP contribution is -2.04. The Labute approximate surface area is 190 Å². The van der Waals surface area contributed by atoms with E-state index in [9.17, 15) is 0 Å². The Balaban J connectivity index is 1.34. The van der Waals surface area contributed by atoms with Gasteiger partial charge in [0.1, 0.15) is 5.82 Å². The number of hydrogen-bond acceptors (Lipinski definition) is 2. The van der Waals surface area contributed by atoms with Crippen molar-refractivity contribution in [3.8, 4) is 22.3 Å². The lowest BCUT2D eigenvalue weighted by molar-refractivity contribution is 0.799. The molecule has 32 heavy (non-hydrogen) atoms. The minimum atomic E-state index is 0.395. The molecule has 0 amide bonds. The van der Waals surface area contributed by atoms with Crippen LogP contribution in [0.2, 0.25) is 0 Å². The van der Waals surface area contributed by atoms with Crippen molar-refractivity contribution >= 4 is 22.3 Å². The molecule has 1 aromatic heterocycles. The molecule has 3 aromatic carbocycles. The van der Waals surface area contributed by atoms with Crippen molar-refractivity contribution in [3.63, 3.8) is 0 Å². The summed E-state index contributed by atoms with van der Waals surface area (Å²) >= 11 is 0. The minimum absolute atomic E-state index is 0.395. The summed E-state index contributed by atoms with van der Waals surface area (Å²) in [7, 11) is 0. The van der Waals surface area contributed by atoms with E-state index in [4.69, 9.17) is 0 Å². The van der Waals surface area contributed by atoms with Crippen molar-refractivity contribution in [2.75, 3.05) is 0 Å². The molecule has 0 saturated heterocycles.